The summed E-state index contributed by atoms with van der Waals surface area (Å²) in [5.74, 6) is -0.0338. The first-order chi connectivity index (χ1) is 8.17. The number of halogens is 1. The third kappa shape index (κ3) is 4.88. The molecule has 0 saturated carbocycles. The van der Waals surface area contributed by atoms with Crippen LogP contribution in [0.2, 0.25) is 0 Å². The monoisotopic (exact) mass is 299 g/mol. The van der Waals surface area contributed by atoms with Crippen molar-refractivity contribution in [1.82, 2.24) is 0 Å². The molecule has 0 aromatic heterocycles. The van der Waals surface area contributed by atoms with Gasteiger partial charge in [0.05, 0.1) is 11.4 Å². The van der Waals surface area contributed by atoms with Crippen molar-refractivity contribution in [3.8, 4) is 0 Å². The van der Waals surface area contributed by atoms with Gasteiger partial charge >= 0.3 is 0 Å². The summed E-state index contributed by atoms with van der Waals surface area (Å²) in [5, 5.41) is 11.8. The van der Waals surface area contributed by atoms with Crippen molar-refractivity contribution in [3.63, 3.8) is 0 Å². The highest BCUT2D eigenvalue weighted by atomic mass is 79.9. The molecule has 4 heteroatoms. The number of nitrogens with one attached hydrogen (secondary N) is 1. The molecule has 0 radical (unpaired) electrons. The van der Waals surface area contributed by atoms with Gasteiger partial charge in [-0.15, -0.1) is 0 Å². The van der Waals surface area contributed by atoms with Crippen molar-refractivity contribution in [2.75, 3.05) is 5.32 Å². The Hall–Kier alpha value is -0.870. The average Bonchev–Trinajstić information content (AvgIpc) is 2.36. The van der Waals surface area contributed by atoms with Gasteiger partial charge in [0, 0.05) is 5.69 Å². The normalized spacial score (nSPS) is 12.2. The zero-order chi connectivity index (χ0) is 12.7. The van der Waals surface area contributed by atoms with Gasteiger partial charge in [0.2, 0.25) is 5.91 Å². The second-order valence-electron chi connectivity index (χ2n) is 3.96. The molecule has 0 spiro atoms. The highest BCUT2D eigenvalue weighted by Crippen LogP contribution is 2.15. The summed E-state index contributed by atoms with van der Waals surface area (Å²) in [6.45, 7) is 2.08. The maximum atomic E-state index is 11.8. The van der Waals surface area contributed by atoms with Crippen molar-refractivity contribution in [2.45, 2.75) is 37.6 Å². The lowest BCUT2D eigenvalue weighted by Crippen LogP contribution is -2.22. The number of alkyl halides is 1. The van der Waals surface area contributed by atoms with Gasteiger partial charge < -0.3 is 10.4 Å². The summed E-state index contributed by atoms with van der Waals surface area (Å²) >= 11 is 3.38. The third-order valence-electron chi connectivity index (χ3n) is 2.47. The van der Waals surface area contributed by atoms with E-state index >= 15 is 0 Å². The topological polar surface area (TPSA) is 49.3 Å². The molecular formula is C13H18BrNO2. The van der Waals surface area contributed by atoms with Gasteiger partial charge in [-0.25, -0.2) is 0 Å². The first-order valence-corrected chi connectivity index (χ1v) is 6.73. The fourth-order valence-electron chi connectivity index (χ4n) is 1.48. The Morgan fingerprint density at radius 3 is 2.94 bits per heavy atom. The van der Waals surface area contributed by atoms with Crippen LogP contribution in [0.1, 0.15) is 31.7 Å². The first-order valence-electron chi connectivity index (χ1n) is 5.82. The van der Waals surface area contributed by atoms with Gasteiger partial charge in [-0.3, -0.25) is 4.79 Å². The van der Waals surface area contributed by atoms with Gasteiger partial charge in [0.1, 0.15) is 0 Å². The van der Waals surface area contributed by atoms with E-state index in [0.29, 0.717) is 0 Å². The second kappa shape index (κ2) is 7.45. The lowest BCUT2D eigenvalue weighted by Gasteiger charge is -2.10. The van der Waals surface area contributed by atoms with E-state index < -0.39 is 0 Å². The van der Waals surface area contributed by atoms with Gasteiger partial charge in [0.15, 0.2) is 0 Å². The van der Waals surface area contributed by atoms with Crippen LogP contribution in [0.5, 0.6) is 0 Å². The summed E-state index contributed by atoms with van der Waals surface area (Å²) in [5.41, 5.74) is 1.52. The number of hydrogen-bond donors (Lipinski definition) is 2. The lowest BCUT2D eigenvalue weighted by molar-refractivity contribution is -0.115. The molecule has 0 aliphatic heterocycles. The Labute approximate surface area is 110 Å². The molecule has 1 unspecified atom stereocenters. The van der Waals surface area contributed by atoms with Crippen LogP contribution < -0.4 is 5.32 Å². The van der Waals surface area contributed by atoms with Crippen LogP contribution in [0.25, 0.3) is 0 Å². The van der Waals surface area contributed by atoms with Gasteiger partial charge in [-0.2, -0.15) is 0 Å². The predicted octanol–water partition coefficient (Wildman–Crippen LogP) is 3.07. The molecule has 0 fully saturated rings. The van der Waals surface area contributed by atoms with Crippen molar-refractivity contribution in [3.05, 3.63) is 29.8 Å². The zero-order valence-electron chi connectivity index (χ0n) is 9.95. The minimum Gasteiger partial charge on any atom is -0.392 e. The number of carbonyl (C=O) groups is 1. The van der Waals surface area contributed by atoms with E-state index in [-0.39, 0.29) is 17.3 Å². The summed E-state index contributed by atoms with van der Waals surface area (Å²) < 4.78 is 0. The Morgan fingerprint density at radius 2 is 2.29 bits per heavy atom. The molecular weight excluding hydrogens is 282 g/mol. The highest BCUT2D eigenvalue weighted by molar-refractivity contribution is 9.10. The molecule has 1 aromatic rings. The fraction of sp³-hybridized carbons (Fsp3) is 0.462. The highest BCUT2D eigenvalue weighted by Gasteiger charge is 2.13. The zero-order valence-corrected chi connectivity index (χ0v) is 11.5. The van der Waals surface area contributed by atoms with E-state index in [9.17, 15) is 4.79 Å². The third-order valence-corrected chi connectivity index (χ3v) is 3.35. The molecule has 17 heavy (non-hydrogen) atoms. The standard InChI is InChI=1S/C13H18BrNO2/c1-2-3-7-12(14)13(17)15-11-6-4-5-10(8-11)9-16/h4-6,8,12,16H,2-3,7,9H2,1H3,(H,15,17). The molecule has 1 rings (SSSR count). The number of rotatable bonds is 6. The molecule has 94 valence electrons. The minimum atomic E-state index is -0.153. The van der Waals surface area contributed by atoms with Crippen LogP contribution in [-0.4, -0.2) is 15.8 Å². The summed E-state index contributed by atoms with van der Waals surface area (Å²) in [4.78, 5) is 11.6. The smallest absolute Gasteiger partial charge is 0.238 e. The quantitative estimate of drug-likeness (QED) is 0.793. The molecule has 3 nitrogen and oxygen atoms in total. The number of aliphatic hydroxyl groups excluding tert-OH is 1. The number of hydrogen-bond acceptors (Lipinski definition) is 2. The molecule has 0 heterocycles. The molecule has 1 atom stereocenters. The van der Waals surface area contributed by atoms with E-state index in [4.69, 9.17) is 5.11 Å². The predicted molar refractivity (Wildman–Crippen MR) is 73.2 cm³/mol. The number of carbonyl (C=O) groups excluding carboxylic acids is 1. The number of unbranched alkanes of at least 4 members (excludes halogenated alkanes) is 1. The van der Waals surface area contributed by atoms with Crippen LogP contribution in [0.15, 0.2) is 24.3 Å². The minimum absolute atomic E-state index is 0.0166. The molecule has 1 aromatic carbocycles. The summed E-state index contributed by atoms with van der Waals surface area (Å²) in [6, 6.07) is 7.23. The van der Waals surface area contributed by atoms with Gasteiger partial charge in [-0.05, 0) is 24.1 Å². The maximum Gasteiger partial charge on any atom is 0.238 e. The van der Waals surface area contributed by atoms with E-state index in [0.717, 1.165) is 30.5 Å². The first kappa shape index (κ1) is 14.2. The second-order valence-corrected chi connectivity index (χ2v) is 5.06. The van der Waals surface area contributed by atoms with Crippen LogP contribution in [0.3, 0.4) is 0 Å². The SMILES string of the molecule is CCCCC(Br)C(=O)Nc1cccc(CO)c1. The molecule has 1 amide bonds. The molecule has 0 aliphatic rings. The fourth-order valence-corrected chi connectivity index (χ4v) is 1.92. The number of amides is 1. The van der Waals surface area contributed by atoms with Crippen molar-refractivity contribution < 1.29 is 9.90 Å². The summed E-state index contributed by atoms with van der Waals surface area (Å²) in [6.07, 6.45) is 2.94. The Morgan fingerprint density at radius 1 is 1.53 bits per heavy atom. The van der Waals surface area contributed by atoms with Gasteiger partial charge in [0.25, 0.3) is 0 Å². The van der Waals surface area contributed by atoms with Crippen LogP contribution in [0.4, 0.5) is 5.69 Å². The van der Waals surface area contributed by atoms with E-state index in [1.54, 1.807) is 6.07 Å². The molecule has 0 bridgehead atoms. The average molecular weight is 300 g/mol. The Kier molecular flexibility index (Phi) is 6.22. The Bertz CT molecular complexity index is 368. The van der Waals surface area contributed by atoms with Crippen LogP contribution in [-0.2, 0) is 11.4 Å². The summed E-state index contributed by atoms with van der Waals surface area (Å²) in [7, 11) is 0. The number of benzene rings is 1. The van der Waals surface area contributed by atoms with E-state index in [1.165, 1.54) is 0 Å². The lowest BCUT2D eigenvalue weighted by atomic mass is 10.2. The Balaban J connectivity index is 2.54. The van der Waals surface area contributed by atoms with Gasteiger partial charge in [-0.1, -0.05) is 47.8 Å². The maximum absolute atomic E-state index is 11.8. The van der Waals surface area contributed by atoms with Crippen molar-refractivity contribution >= 4 is 27.5 Å². The van der Waals surface area contributed by atoms with Crippen LogP contribution >= 0.6 is 15.9 Å². The number of aliphatic hydroxyl groups is 1. The number of anilines is 1. The molecule has 2 N–H and O–H groups in total. The van der Waals surface area contributed by atoms with Crippen molar-refractivity contribution in [1.29, 1.82) is 0 Å². The van der Waals surface area contributed by atoms with Crippen molar-refractivity contribution in [2.24, 2.45) is 0 Å². The molecule has 0 saturated heterocycles. The van der Waals surface area contributed by atoms with E-state index in [2.05, 4.69) is 28.2 Å². The van der Waals surface area contributed by atoms with Crippen LogP contribution in [0, 0.1) is 0 Å². The van der Waals surface area contributed by atoms with E-state index in [1.807, 2.05) is 18.2 Å². The largest absolute Gasteiger partial charge is 0.392 e. The molecule has 0 aliphatic carbocycles.